The van der Waals surface area contributed by atoms with E-state index in [0.29, 0.717) is 11.8 Å². The van der Waals surface area contributed by atoms with Gasteiger partial charge in [-0.1, -0.05) is 55.8 Å². The molecule has 0 spiro atoms. The first kappa shape index (κ1) is 20.1. The number of fused-ring (bicyclic) bond motifs is 1. The summed E-state index contributed by atoms with van der Waals surface area (Å²) in [5.74, 6) is 0.668. The largest absolute Gasteiger partial charge is 0.370 e. The lowest BCUT2D eigenvalue weighted by Gasteiger charge is -2.52. The molecule has 0 bridgehead atoms. The zero-order chi connectivity index (χ0) is 20.4. The highest BCUT2D eigenvalue weighted by atomic mass is 19.1. The molecule has 2 fully saturated rings. The average molecular weight is 396 g/mol. The lowest BCUT2D eigenvalue weighted by Crippen LogP contribution is -2.60. The fourth-order valence-corrected chi connectivity index (χ4v) is 5.16. The minimum Gasteiger partial charge on any atom is -0.370 e. The summed E-state index contributed by atoms with van der Waals surface area (Å²) >= 11 is 0. The van der Waals surface area contributed by atoms with E-state index in [1.807, 2.05) is 18.2 Å². The number of rotatable bonds is 4. The molecular formula is C25H30FNO2. The first-order valence-corrected chi connectivity index (χ1v) is 10.7. The molecule has 1 aliphatic carbocycles. The Kier molecular flexibility index (Phi) is 5.73. The molecule has 4 rings (SSSR count). The van der Waals surface area contributed by atoms with E-state index in [9.17, 15) is 9.18 Å². The number of ether oxygens (including phenoxy) is 1. The lowest BCUT2D eigenvalue weighted by atomic mass is 9.66. The van der Waals surface area contributed by atoms with Crippen LogP contribution in [0.1, 0.15) is 56.8 Å². The Hall–Kier alpha value is -2.20. The van der Waals surface area contributed by atoms with Crippen molar-refractivity contribution in [3.05, 3.63) is 71.5 Å². The zero-order valence-corrected chi connectivity index (χ0v) is 17.2. The Morgan fingerprint density at radius 1 is 1.14 bits per heavy atom. The van der Waals surface area contributed by atoms with Gasteiger partial charge in [0.15, 0.2) is 0 Å². The summed E-state index contributed by atoms with van der Waals surface area (Å²) < 4.78 is 19.7. The van der Waals surface area contributed by atoms with Crippen LogP contribution in [0.5, 0.6) is 0 Å². The first-order valence-electron chi connectivity index (χ1n) is 10.7. The van der Waals surface area contributed by atoms with E-state index in [4.69, 9.17) is 4.74 Å². The van der Waals surface area contributed by atoms with Gasteiger partial charge in [0, 0.05) is 17.9 Å². The van der Waals surface area contributed by atoms with Gasteiger partial charge in [-0.05, 0) is 48.9 Å². The first-order chi connectivity index (χ1) is 13.9. The van der Waals surface area contributed by atoms with Crippen LogP contribution in [-0.4, -0.2) is 17.6 Å². The summed E-state index contributed by atoms with van der Waals surface area (Å²) in [6, 6.07) is 16.5. The summed E-state index contributed by atoms with van der Waals surface area (Å²) in [5.41, 5.74) is 1.68. The van der Waals surface area contributed by atoms with E-state index >= 15 is 0 Å². The maximum absolute atomic E-state index is 13.2. The second-order valence-corrected chi connectivity index (χ2v) is 9.07. The number of nitrogens with one attached hydrogen (secondary N) is 1. The third-order valence-corrected chi connectivity index (χ3v) is 6.70. The smallest absolute Gasteiger partial charge is 0.224 e. The topological polar surface area (TPSA) is 38.3 Å². The average Bonchev–Trinajstić information content (AvgIpc) is 2.69. The van der Waals surface area contributed by atoms with Gasteiger partial charge in [0.05, 0.1) is 18.6 Å². The normalized spacial score (nSPS) is 31.7. The van der Waals surface area contributed by atoms with Crippen molar-refractivity contribution >= 4 is 5.91 Å². The minimum absolute atomic E-state index is 0.00908. The Bertz CT molecular complexity index is 838. The predicted octanol–water partition coefficient (Wildman–Crippen LogP) is 5.21. The second-order valence-electron chi connectivity index (χ2n) is 9.07. The van der Waals surface area contributed by atoms with Gasteiger partial charge in [0.2, 0.25) is 5.91 Å². The van der Waals surface area contributed by atoms with Crippen molar-refractivity contribution in [2.75, 3.05) is 0 Å². The zero-order valence-electron chi connectivity index (χ0n) is 17.2. The number of carbonyl (C=O) groups excluding carboxylic acids is 1. The summed E-state index contributed by atoms with van der Waals surface area (Å²) in [6.45, 7) is 4.47. The number of amides is 1. The molecular weight excluding hydrogens is 365 g/mol. The summed E-state index contributed by atoms with van der Waals surface area (Å²) in [7, 11) is 0. The molecule has 4 heteroatoms. The molecule has 1 saturated heterocycles. The van der Waals surface area contributed by atoms with Gasteiger partial charge >= 0.3 is 0 Å². The van der Waals surface area contributed by atoms with Crippen molar-refractivity contribution in [2.45, 2.75) is 63.7 Å². The molecule has 0 unspecified atom stereocenters. The fraction of sp³-hybridized carbons (Fsp3) is 0.480. The quantitative estimate of drug-likeness (QED) is 0.772. The molecule has 5 atom stereocenters. The van der Waals surface area contributed by atoms with E-state index in [1.54, 1.807) is 12.1 Å². The summed E-state index contributed by atoms with van der Waals surface area (Å²) in [4.78, 5) is 12.9. The number of benzene rings is 2. The van der Waals surface area contributed by atoms with Gasteiger partial charge in [-0.15, -0.1) is 0 Å². The molecule has 154 valence electrons. The van der Waals surface area contributed by atoms with Gasteiger partial charge in [0.25, 0.3) is 0 Å². The number of halogens is 1. The van der Waals surface area contributed by atoms with Crippen molar-refractivity contribution in [2.24, 2.45) is 11.8 Å². The minimum atomic E-state index is -0.319. The molecule has 1 saturated carbocycles. The molecule has 1 aliphatic heterocycles. The van der Waals surface area contributed by atoms with E-state index in [-0.39, 0.29) is 35.9 Å². The monoisotopic (exact) mass is 395 g/mol. The SMILES string of the molecule is C[C@H]1CC[C@H]2[C@H](C1)O[C@H](c1ccccc1)C[C@]2(C)NC(=O)Cc1ccc(F)cc1. The van der Waals surface area contributed by atoms with Gasteiger partial charge in [-0.25, -0.2) is 4.39 Å². The highest BCUT2D eigenvalue weighted by molar-refractivity contribution is 5.79. The summed E-state index contributed by atoms with van der Waals surface area (Å²) in [6.07, 6.45) is 4.46. The number of hydrogen-bond donors (Lipinski definition) is 1. The van der Waals surface area contributed by atoms with Crippen molar-refractivity contribution < 1.29 is 13.9 Å². The molecule has 2 aliphatic rings. The Morgan fingerprint density at radius 3 is 2.59 bits per heavy atom. The number of carbonyl (C=O) groups is 1. The van der Waals surface area contributed by atoms with Crippen LogP contribution in [0.3, 0.4) is 0 Å². The molecule has 3 nitrogen and oxygen atoms in total. The van der Waals surface area contributed by atoms with Crippen LogP contribution in [0.25, 0.3) is 0 Å². The molecule has 1 amide bonds. The Labute approximate surface area is 172 Å². The van der Waals surface area contributed by atoms with Crippen LogP contribution in [0.15, 0.2) is 54.6 Å². The summed E-state index contributed by atoms with van der Waals surface area (Å²) in [5, 5.41) is 3.36. The van der Waals surface area contributed by atoms with Crippen LogP contribution in [-0.2, 0) is 16.0 Å². The van der Waals surface area contributed by atoms with E-state index in [2.05, 4.69) is 31.3 Å². The van der Waals surface area contributed by atoms with Crippen LogP contribution in [0, 0.1) is 17.7 Å². The Balaban J connectivity index is 1.54. The third kappa shape index (κ3) is 4.53. The molecule has 1 N–H and O–H groups in total. The predicted molar refractivity (Wildman–Crippen MR) is 112 cm³/mol. The van der Waals surface area contributed by atoms with Crippen molar-refractivity contribution in [1.82, 2.24) is 5.32 Å². The molecule has 2 aromatic rings. The highest BCUT2D eigenvalue weighted by Crippen LogP contribution is 2.47. The highest BCUT2D eigenvalue weighted by Gasteiger charge is 2.49. The fourth-order valence-electron chi connectivity index (χ4n) is 5.16. The molecule has 0 aromatic heterocycles. The molecule has 29 heavy (non-hydrogen) atoms. The van der Waals surface area contributed by atoms with Crippen molar-refractivity contribution in [3.8, 4) is 0 Å². The van der Waals surface area contributed by atoms with Crippen LogP contribution in [0.2, 0.25) is 0 Å². The van der Waals surface area contributed by atoms with Crippen LogP contribution in [0.4, 0.5) is 4.39 Å². The number of hydrogen-bond acceptors (Lipinski definition) is 2. The van der Waals surface area contributed by atoms with Crippen molar-refractivity contribution in [1.29, 1.82) is 0 Å². The third-order valence-electron chi connectivity index (χ3n) is 6.70. The van der Waals surface area contributed by atoms with Crippen molar-refractivity contribution in [3.63, 3.8) is 0 Å². The maximum atomic E-state index is 13.2. The molecule has 2 aromatic carbocycles. The van der Waals surface area contributed by atoms with Gasteiger partial charge in [-0.3, -0.25) is 4.79 Å². The van der Waals surface area contributed by atoms with Crippen LogP contribution < -0.4 is 5.32 Å². The second kappa shape index (κ2) is 8.27. The lowest BCUT2D eigenvalue weighted by molar-refractivity contribution is -0.153. The van der Waals surface area contributed by atoms with Gasteiger partial charge in [0.1, 0.15) is 5.82 Å². The molecule has 0 radical (unpaired) electrons. The van der Waals surface area contributed by atoms with E-state index in [0.717, 1.165) is 24.8 Å². The Morgan fingerprint density at radius 2 is 1.86 bits per heavy atom. The maximum Gasteiger partial charge on any atom is 0.224 e. The molecule has 1 heterocycles. The van der Waals surface area contributed by atoms with Gasteiger partial charge < -0.3 is 10.1 Å². The van der Waals surface area contributed by atoms with Gasteiger partial charge in [-0.2, -0.15) is 0 Å². The van der Waals surface area contributed by atoms with Crippen LogP contribution >= 0.6 is 0 Å². The standard InChI is InChI=1S/C25H30FNO2/c1-17-8-13-21-22(14-17)29-23(19-6-4-3-5-7-19)16-25(21,2)27-24(28)15-18-9-11-20(26)12-10-18/h3-7,9-12,17,21-23H,8,13-16H2,1-2H3,(H,27,28)/t17-,21-,22-,23-,25-/m0/s1. The van der Waals surface area contributed by atoms with E-state index in [1.165, 1.54) is 24.1 Å². The van der Waals surface area contributed by atoms with E-state index < -0.39 is 0 Å².